The Morgan fingerprint density at radius 2 is 1.04 bits per heavy atom. The van der Waals surface area contributed by atoms with Crippen molar-refractivity contribution in [3.05, 3.63) is 175 Å². The highest BCUT2D eigenvalue weighted by Crippen LogP contribution is 2.44. The summed E-state index contributed by atoms with van der Waals surface area (Å²) >= 11 is 0. The van der Waals surface area contributed by atoms with Gasteiger partial charge < -0.3 is 4.57 Å². The van der Waals surface area contributed by atoms with E-state index in [-0.39, 0.29) is 70.8 Å². The van der Waals surface area contributed by atoms with Crippen molar-refractivity contribution in [3.8, 4) is 45.5 Å². The van der Waals surface area contributed by atoms with Crippen LogP contribution in [-0.2, 0) is 6.42 Å². The van der Waals surface area contributed by atoms with E-state index in [9.17, 15) is 5.48 Å². The van der Waals surface area contributed by atoms with Crippen molar-refractivity contribution < 1.29 is 11.0 Å². The quantitative estimate of drug-likeness (QED) is 0.189. The summed E-state index contributed by atoms with van der Waals surface area (Å²) in [5.74, 6) is 0.703. The molecule has 0 N–H and O–H groups in total. The number of hydrogen-bond acceptors (Lipinski definition) is 3. The Bertz CT molecular complexity index is 3400. The molecule has 0 spiro atoms. The maximum atomic E-state index is 9.83. The Morgan fingerprint density at radius 1 is 0.471 bits per heavy atom. The minimum atomic E-state index is -0.336. The molecule has 0 unspecified atom stereocenters. The van der Waals surface area contributed by atoms with Crippen LogP contribution in [0.4, 0.5) is 0 Å². The van der Waals surface area contributed by atoms with Crippen LogP contribution in [0.15, 0.2) is 164 Å². The fourth-order valence-corrected chi connectivity index (χ4v) is 7.58. The molecule has 0 radical (unpaired) electrons. The molecule has 7 aromatic carbocycles. The molecule has 238 valence electrons. The van der Waals surface area contributed by atoms with Gasteiger partial charge in [-0.2, -0.15) is 9.97 Å². The molecule has 0 aliphatic heterocycles. The molecule has 10 aromatic rings. The van der Waals surface area contributed by atoms with Crippen LogP contribution in [0.3, 0.4) is 0 Å². The number of nitrogens with zero attached hydrogens (tertiary/aromatic N) is 5. The van der Waals surface area contributed by atoms with Crippen LogP contribution in [0.2, 0.25) is 0 Å². The highest BCUT2D eigenvalue weighted by Gasteiger charge is 2.24. The van der Waals surface area contributed by atoms with Crippen LogP contribution in [0.1, 0.15) is 22.1 Å². The number of benzene rings is 7. The van der Waals surface area contributed by atoms with Crippen LogP contribution in [0.5, 0.6) is 0 Å². The third-order valence-corrected chi connectivity index (χ3v) is 9.83. The van der Waals surface area contributed by atoms with E-state index in [1.54, 1.807) is 4.57 Å². The van der Waals surface area contributed by atoms with Crippen LogP contribution in [0.25, 0.3) is 89.2 Å². The van der Waals surface area contributed by atoms with Gasteiger partial charge in [-0.05, 0) is 65.0 Å². The lowest BCUT2D eigenvalue weighted by Crippen LogP contribution is -2.06. The second-order valence-corrected chi connectivity index (χ2v) is 12.7. The molecular formula is C46H29N5. The molecule has 5 heteroatoms. The number of para-hydroxylation sites is 2. The molecule has 0 fully saturated rings. The minimum Gasteiger partial charge on any atom is -0.309 e. The average molecular weight is 660 g/mol. The van der Waals surface area contributed by atoms with E-state index in [0.29, 0.717) is 55.5 Å². The predicted octanol–water partition coefficient (Wildman–Crippen LogP) is 11.0. The summed E-state index contributed by atoms with van der Waals surface area (Å²) in [6.45, 7) is 0. The lowest BCUT2D eigenvalue weighted by atomic mass is 10.0. The molecule has 0 amide bonds. The molecule has 0 bridgehead atoms. The van der Waals surface area contributed by atoms with Crippen molar-refractivity contribution in [1.29, 1.82) is 0 Å². The smallest absolute Gasteiger partial charge is 0.238 e. The molecular weight excluding hydrogens is 623 g/mol. The Kier molecular flexibility index (Phi) is 4.52. The van der Waals surface area contributed by atoms with E-state index < -0.39 is 0 Å². The van der Waals surface area contributed by atoms with Gasteiger partial charge in [0, 0.05) is 38.4 Å². The van der Waals surface area contributed by atoms with Crippen molar-refractivity contribution >= 4 is 43.6 Å². The normalized spacial score (nSPS) is 14.4. The second kappa shape index (κ2) is 10.8. The monoisotopic (exact) mass is 659 g/mol. The van der Waals surface area contributed by atoms with Gasteiger partial charge in [-0.25, -0.2) is 4.98 Å². The Labute approximate surface area is 305 Å². The summed E-state index contributed by atoms with van der Waals surface area (Å²) in [4.78, 5) is 14.7. The fraction of sp³-hybridized carbons (Fsp3) is 0.0217. The molecule has 51 heavy (non-hydrogen) atoms. The number of hydrogen-bond donors (Lipinski definition) is 0. The van der Waals surface area contributed by atoms with Gasteiger partial charge in [-0.1, -0.05) is 127 Å². The zero-order chi connectivity index (χ0) is 40.4. The Balaban J connectivity index is 1.33. The third-order valence-electron chi connectivity index (χ3n) is 9.83. The summed E-state index contributed by atoms with van der Waals surface area (Å²) in [6.07, 6.45) is 0.764. The van der Waals surface area contributed by atoms with Gasteiger partial charge in [0.25, 0.3) is 0 Å². The van der Waals surface area contributed by atoms with Gasteiger partial charge in [0.1, 0.15) is 0 Å². The first-order chi connectivity index (χ1) is 28.6. The summed E-state index contributed by atoms with van der Waals surface area (Å²) in [7, 11) is 0. The summed E-state index contributed by atoms with van der Waals surface area (Å²) in [6, 6.07) is 34.0. The van der Waals surface area contributed by atoms with E-state index >= 15 is 0 Å². The van der Waals surface area contributed by atoms with E-state index in [0.717, 1.165) is 23.1 Å². The molecule has 11 rings (SSSR count). The van der Waals surface area contributed by atoms with Crippen LogP contribution in [0, 0.1) is 0 Å². The van der Waals surface area contributed by atoms with Crippen LogP contribution in [-0.4, -0.2) is 24.1 Å². The Hall–Kier alpha value is -6.85. The molecule has 0 atom stereocenters. The SMILES string of the molecule is [2H]c1cc2c3c4c5cc([2H])c([2H])c([2H])c5n(-c5nc(-c6ccccc6)nc(-c6ccccc6)n5)c4c([2H])c([2H])c3n(-c3ccc4c(c3)-c3ccccc3C4)c2c([2H])c1[2H]. The molecule has 0 saturated heterocycles. The Morgan fingerprint density at radius 3 is 1.71 bits per heavy atom. The van der Waals surface area contributed by atoms with Gasteiger partial charge in [0.05, 0.1) is 33.0 Å². The highest BCUT2D eigenvalue weighted by atomic mass is 15.2. The molecule has 1 aliphatic rings. The van der Waals surface area contributed by atoms with E-state index in [1.807, 2.05) is 91.0 Å². The van der Waals surface area contributed by atoms with Crippen molar-refractivity contribution in [2.75, 3.05) is 0 Å². The first-order valence-corrected chi connectivity index (χ1v) is 16.7. The summed E-state index contributed by atoms with van der Waals surface area (Å²) in [5, 5.41) is 1.55. The minimum absolute atomic E-state index is 0.0485. The molecule has 0 saturated carbocycles. The van der Waals surface area contributed by atoms with Crippen molar-refractivity contribution in [2.24, 2.45) is 0 Å². The van der Waals surface area contributed by atoms with Gasteiger partial charge in [0.2, 0.25) is 5.95 Å². The van der Waals surface area contributed by atoms with Crippen LogP contribution >= 0.6 is 0 Å². The van der Waals surface area contributed by atoms with Crippen molar-refractivity contribution in [3.63, 3.8) is 0 Å². The van der Waals surface area contributed by atoms with Gasteiger partial charge in [0.15, 0.2) is 11.6 Å². The van der Waals surface area contributed by atoms with Crippen LogP contribution < -0.4 is 0 Å². The standard InChI is InChI=1S/C46H29N5/c1-3-13-29(14-4-1)44-47-45(30-15-5-2-6-16-30)49-46(48-44)51-39-22-12-10-20-36(39)43-41(51)26-25-40-42(43)35-19-9-11-21-38(35)50(40)33-24-23-32-27-31-17-7-8-18-34(31)37(32)28-33/h1-26,28H,27H2/i9D,10D,11D,12D,21D,22D,25D,26D. The number of rotatable bonds is 4. The molecule has 1 aliphatic carbocycles. The van der Waals surface area contributed by atoms with Gasteiger partial charge in [-0.3, -0.25) is 4.57 Å². The second-order valence-electron chi connectivity index (χ2n) is 12.7. The zero-order valence-electron chi connectivity index (χ0n) is 34.9. The number of fused-ring (bicyclic) bond motifs is 10. The third kappa shape index (κ3) is 4.18. The maximum Gasteiger partial charge on any atom is 0.238 e. The summed E-state index contributed by atoms with van der Waals surface area (Å²) in [5.41, 5.74) is 7.33. The number of aromatic nitrogens is 5. The molecule has 3 aromatic heterocycles. The topological polar surface area (TPSA) is 48.5 Å². The lowest BCUT2D eigenvalue weighted by Gasteiger charge is -2.12. The molecule has 5 nitrogen and oxygen atoms in total. The maximum absolute atomic E-state index is 9.83. The predicted molar refractivity (Wildman–Crippen MR) is 208 cm³/mol. The van der Waals surface area contributed by atoms with E-state index in [4.69, 9.17) is 20.4 Å². The van der Waals surface area contributed by atoms with E-state index in [1.165, 1.54) is 22.3 Å². The van der Waals surface area contributed by atoms with E-state index in [2.05, 4.69) is 12.1 Å². The first-order valence-electron chi connectivity index (χ1n) is 20.7. The first kappa shape index (κ1) is 21.3. The zero-order valence-corrected chi connectivity index (χ0v) is 26.9. The van der Waals surface area contributed by atoms with Crippen molar-refractivity contribution in [1.82, 2.24) is 24.1 Å². The molecule has 3 heterocycles. The van der Waals surface area contributed by atoms with Crippen molar-refractivity contribution in [2.45, 2.75) is 6.42 Å². The fourth-order valence-electron chi connectivity index (χ4n) is 7.58. The lowest BCUT2D eigenvalue weighted by molar-refractivity contribution is 0.953. The van der Waals surface area contributed by atoms with Gasteiger partial charge in [-0.15, -0.1) is 0 Å². The van der Waals surface area contributed by atoms with Gasteiger partial charge >= 0.3 is 0 Å². The average Bonchev–Trinajstić information content (AvgIpc) is 3.92. The summed E-state index contributed by atoms with van der Waals surface area (Å²) < 4.78 is 76.8. The largest absolute Gasteiger partial charge is 0.309 e. The highest BCUT2D eigenvalue weighted by molar-refractivity contribution is 6.28.